The Labute approximate surface area is 187 Å². The van der Waals surface area contributed by atoms with E-state index in [9.17, 15) is 13.2 Å². The van der Waals surface area contributed by atoms with Gasteiger partial charge in [0.15, 0.2) is 17.4 Å². The van der Waals surface area contributed by atoms with Gasteiger partial charge in [-0.2, -0.15) is 4.52 Å². The number of benzene rings is 1. The lowest BCUT2D eigenvalue weighted by molar-refractivity contribution is -0.274. The van der Waals surface area contributed by atoms with Crippen LogP contribution in [-0.4, -0.2) is 66.0 Å². The zero-order valence-corrected chi connectivity index (χ0v) is 18.0. The fraction of sp³-hybridized carbons (Fsp3) is 0.476. The van der Waals surface area contributed by atoms with Crippen LogP contribution in [-0.2, 0) is 0 Å². The number of aromatic nitrogens is 4. The highest BCUT2D eigenvalue weighted by Gasteiger charge is 2.32. The second kappa shape index (κ2) is 8.58. The predicted octanol–water partition coefficient (Wildman–Crippen LogP) is 2.93. The summed E-state index contributed by atoms with van der Waals surface area (Å²) in [6, 6.07) is 5.60. The Bertz CT molecular complexity index is 1140. The van der Waals surface area contributed by atoms with Gasteiger partial charge in [-0.25, -0.2) is 0 Å². The van der Waals surface area contributed by atoms with E-state index in [0.29, 0.717) is 47.7 Å². The molecule has 0 radical (unpaired) electrons. The molecule has 0 saturated carbocycles. The number of nitrogens with one attached hydrogen (secondary N) is 2. The molecule has 0 amide bonds. The minimum atomic E-state index is -4.78. The Balaban J connectivity index is 1.54. The normalized spacial score (nSPS) is 17.0. The number of anilines is 2. The third kappa shape index (κ3) is 4.47. The molecule has 1 saturated heterocycles. The molecule has 9 nitrogen and oxygen atoms in total. The summed E-state index contributed by atoms with van der Waals surface area (Å²) in [7, 11) is 1.96. The summed E-state index contributed by atoms with van der Waals surface area (Å²) in [6.07, 6.45) is -2.63. The molecule has 1 fully saturated rings. The number of ether oxygens (including phenoxy) is 2. The summed E-state index contributed by atoms with van der Waals surface area (Å²) in [5.74, 6) is 1.65. The van der Waals surface area contributed by atoms with Crippen LogP contribution in [0.15, 0.2) is 24.3 Å². The predicted molar refractivity (Wildman–Crippen MR) is 116 cm³/mol. The van der Waals surface area contributed by atoms with Crippen LogP contribution in [0, 0.1) is 5.92 Å². The molecule has 176 valence electrons. The molecule has 2 N–H and O–H groups in total. The van der Waals surface area contributed by atoms with E-state index in [1.165, 1.54) is 22.7 Å². The van der Waals surface area contributed by atoms with Gasteiger partial charge in [0.25, 0.3) is 0 Å². The quantitative estimate of drug-likeness (QED) is 0.597. The zero-order valence-electron chi connectivity index (χ0n) is 18.0. The van der Waals surface area contributed by atoms with Crippen molar-refractivity contribution in [3.8, 4) is 22.9 Å². The summed E-state index contributed by atoms with van der Waals surface area (Å²) in [6.45, 7) is 3.92. The number of halogens is 3. The molecule has 0 unspecified atom stereocenters. The summed E-state index contributed by atoms with van der Waals surface area (Å²) in [4.78, 5) is 2.06. The molecule has 4 heterocycles. The van der Waals surface area contributed by atoms with Crippen molar-refractivity contribution in [1.82, 2.24) is 25.1 Å². The first-order chi connectivity index (χ1) is 15.9. The minimum absolute atomic E-state index is 0.294. The molecular formula is C21H24F3N7O2. The Morgan fingerprint density at radius 1 is 1.24 bits per heavy atom. The standard InChI is InChI=1S/C21H24F3N7O2/c1-30-9-10-32-17-16(30)18(26-12-13-5-7-25-8-6-13)29-31-19(27-28-20(17)31)14-3-2-4-15(11-14)33-21(22,23)24/h2-4,11,13,25H,5-10,12H2,1H3,(H,26,29). The molecule has 12 heteroatoms. The van der Waals surface area contributed by atoms with Gasteiger partial charge in [0.1, 0.15) is 18.0 Å². The molecule has 1 aromatic carbocycles. The number of fused-ring (bicyclic) bond motifs is 3. The van der Waals surface area contributed by atoms with Crippen LogP contribution in [0.2, 0.25) is 0 Å². The van der Waals surface area contributed by atoms with Gasteiger partial charge >= 0.3 is 6.36 Å². The van der Waals surface area contributed by atoms with Crippen LogP contribution in [0.5, 0.6) is 11.5 Å². The van der Waals surface area contributed by atoms with Crippen LogP contribution in [0.4, 0.5) is 24.7 Å². The number of nitrogens with zero attached hydrogens (tertiary/aromatic N) is 5. The SMILES string of the molecule is CN1CCOc2c1c(NCC1CCNCC1)nn1c(-c3cccc(OC(F)(F)F)c3)nnc21. The van der Waals surface area contributed by atoms with Gasteiger partial charge in [-0.3, -0.25) is 0 Å². The highest BCUT2D eigenvalue weighted by atomic mass is 19.4. The van der Waals surface area contributed by atoms with Crippen molar-refractivity contribution in [2.24, 2.45) is 5.92 Å². The minimum Gasteiger partial charge on any atom is -0.486 e. The maximum Gasteiger partial charge on any atom is 0.573 e. The lowest BCUT2D eigenvalue weighted by Gasteiger charge is -2.30. The molecule has 2 aliphatic heterocycles. The van der Waals surface area contributed by atoms with Crippen LogP contribution < -0.4 is 25.0 Å². The maximum atomic E-state index is 12.7. The summed E-state index contributed by atoms with van der Waals surface area (Å²) >= 11 is 0. The monoisotopic (exact) mass is 463 g/mol. The molecule has 0 aliphatic carbocycles. The Morgan fingerprint density at radius 3 is 2.85 bits per heavy atom. The third-order valence-electron chi connectivity index (χ3n) is 5.88. The smallest absolute Gasteiger partial charge is 0.486 e. The number of hydrogen-bond acceptors (Lipinski definition) is 8. The Kier molecular flexibility index (Phi) is 5.60. The van der Waals surface area contributed by atoms with Crippen molar-refractivity contribution in [1.29, 1.82) is 0 Å². The van der Waals surface area contributed by atoms with E-state index < -0.39 is 6.36 Å². The van der Waals surface area contributed by atoms with Crippen molar-refractivity contribution in [3.05, 3.63) is 24.3 Å². The molecule has 33 heavy (non-hydrogen) atoms. The van der Waals surface area contributed by atoms with E-state index in [2.05, 4.69) is 30.5 Å². The highest BCUT2D eigenvalue weighted by molar-refractivity contribution is 5.82. The topological polar surface area (TPSA) is 88.8 Å². The highest BCUT2D eigenvalue weighted by Crippen LogP contribution is 2.40. The molecular weight excluding hydrogens is 439 g/mol. The van der Waals surface area contributed by atoms with E-state index in [4.69, 9.17) is 9.84 Å². The Morgan fingerprint density at radius 2 is 2.06 bits per heavy atom. The van der Waals surface area contributed by atoms with Crippen LogP contribution in [0.25, 0.3) is 17.0 Å². The van der Waals surface area contributed by atoms with E-state index in [-0.39, 0.29) is 5.75 Å². The average Bonchev–Trinajstić information content (AvgIpc) is 3.21. The summed E-state index contributed by atoms with van der Waals surface area (Å²) in [5.41, 5.74) is 1.60. The molecule has 2 aliphatic rings. The van der Waals surface area contributed by atoms with Gasteiger partial charge in [-0.1, -0.05) is 12.1 Å². The summed E-state index contributed by atoms with van der Waals surface area (Å²) < 4.78 is 49.6. The van der Waals surface area contributed by atoms with E-state index in [1.807, 2.05) is 7.05 Å². The lowest BCUT2D eigenvalue weighted by atomic mass is 9.98. The molecule has 5 rings (SSSR count). The molecule has 0 spiro atoms. The average molecular weight is 463 g/mol. The van der Waals surface area contributed by atoms with Crippen molar-refractivity contribution in [2.75, 3.05) is 50.1 Å². The third-order valence-corrected chi connectivity index (χ3v) is 5.88. The first kappa shape index (κ1) is 21.6. The van der Waals surface area contributed by atoms with Crippen LogP contribution in [0.3, 0.4) is 0 Å². The first-order valence-electron chi connectivity index (χ1n) is 10.8. The van der Waals surface area contributed by atoms with Gasteiger partial charge in [-0.15, -0.1) is 28.5 Å². The van der Waals surface area contributed by atoms with Gasteiger partial charge in [0.05, 0.1) is 6.54 Å². The molecule has 2 aromatic heterocycles. The molecule has 3 aromatic rings. The van der Waals surface area contributed by atoms with Crippen molar-refractivity contribution in [3.63, 3.8) is 0 Å². The van der Waals surface area contributed by atoms with Gasteiger partial charge < -0.3 is 25.0 Å². The second-order valence-corrected chi connectivity index (χ2v) is 8.21. The van der Waals surface area contributed by atoms with Crippen LogP contribution >= 0.6 is 0 Å². The van der Waals surface area contributed by atoms with E-state index in [0.717, 1.165) is 38.2 Å². The largest absolute Gasteiger partial charge is 0.573 e. The van der Waals surface area contributed by atoms with Gasteiger partial charge in [0.2, 0.25) is 5.65 Å². The summed E-state index contributed by atoms with van der Waals surface area (Å²) in [5, 5.41) is 20.0. The first-order valence-corrected chi connectivity index (χ1v) is 10.8. The van der Waals surface area contributed by atoms with E-state index >= 15 is 0 Å². The van der Waals surface area contributed by atoms with Crippen molar-refractivity contribution in [2.45, 2.75) is 19.2 Å². The Hall–Kier alpha value is -3.28. The van der Waals surface area contributed by atoms with Crippen LogP contribution in [0.1, 0.15) is 12.8 Å². The lowest BCUT2D eigenvalue weighted by Crippen LogP contribution is -2.33. The maximum absolute atomic E-state index is 12.7. The van der Waals surface area contributed by atoms with Gasteiger partial charge in [-0.05, 0) is 44.0 Å². The number of alkyl halides is 3. The second-order valence-electron chi connectivity index (χ2n) is 8.21. The zero-order chi connectivity index (χ0) is 23.0. The van der Waals surface area contributed by atoms with Crippen molar-refractivity contribution < 1.29 is 22.6 Å². The van der Waals surface area contributed by atoms with E-state index in [1.54, 1.807) is 6.07 Å². The van der Waals surface area contributed by atoms with Gasteiger partial charge in [0, 0.05) is 19.2 Å². The van der Waals surface area contributed by atoms with Crippen molar-refractivity contribution >= 4 is 17.2 Å². The fourth-order valence-electron chi connectivity index (χ4n) is 4.22. The number of piperidine rings is 1. The number of rotatable bonds is 5. The molecule has 0 bridgehead atoms. The molecule has 0 atom stereocenters. The fourth-order valence-corrected chi connectivity index (χ4v) is 4.22. The number of likely N-dealkylation sites (N-methyl/N-ethyl adjacent to an activating group) is 1. The number of hydrogen-bond donors (Lipinski definition) is 2.